The first kappa shape index (κ1) is 14.8. The number of anilines is 1. The number of nitriles is 1. The van der Waals surface area contributed by atoms with Crippen molar-refractivity contribution in [3.63, 3.8) is 0 Å². The second kappa shape index (κ2) is 5.58. The maximum absolute atomic E-state index is 11.2. The summed E-state index contributed by atoms with van der Waals surface area (Å²) < 4.78 is 29.9. The number of nitrogens with one attached hydrogen (secondary N) is 2. The normalized spacial score (nSPS) is 11.1. The second-order valence-electron chi connectivity index (χ2n) is 4.79. The van der Waals surface area contributed by atoms with Crippen LogP contribution in [0.25, 0.3) is 23.0 Å². The predicted octanol–water partition coefficient (Wildman–Crippen LogP) is 1.97. The number of aromatic nitrogens is 3. The number of hydrogen-bond donors (Lipinski definition) is 2. The van der Waals surface area contributed by atoms with E-state index in [4.69, 9.17) is 9.78 Å². The van der Waals surface area contributed by atoms with Gasteiger partial charge in [-0.05, 0) is 30.3 Å². The van der Waals surface area contributed by atoms with Crippen LogP contribution in [0.4, 0.5) is 5.69 Å². The minimum absolute atomic E-state index is 0.264. The van der Waals surface area contributed by atoms with Gasteiger partial charge in [-0.15, -0.1) is 0 Å². The topological polar surface area (TPSA) is 125 Å². The maximum Gasteiger partial charge on any atom is 0.274 e. The summed E-state index contributed by atoms with van der Waals surface area (Å²) in [6.45, 7) is 0. The minimum atomic E-state index is -3.32. The third kappa shape index (κ3) is 3.38. The summed E-state index contributed by atoms with van der Waals surface area (Å²) in [6.07, 6.45) is 2.63. The monoisotopic (exact) mass is 329 g/mol. The number of nitrogens with zero attached hydrogens (tertiary/aromatic N) is 3. The fourth-order valence-corrected chi connectivity index (χ4v) is 2.50. The molecule has 0 aliphatic heterocycles. The lowest BCUT2D eigenvalue weighted by molar-refractivity contribution is 0.431. The van der Waals surface area contributed by atoms with Gasteiger partial charge in [-0.25, -0.2) is 8.42 Å². The summed E-state index contributed by atoms with van der Waals surface area (Å²) in [7, 11) is -3.32. The van der Waals surface area contributed by atoms with E-state index in [0.29, 0.717) is 28.3 Å². The largest absolute Gasteiger partial charge is 0.356 e. The van der Waals surface area contributed by atoms with Crippen LogP contribution >= 0.6 is 0 Å². The van der Waals surface area contributed by atoms with Gasteiger partial charge in [0.2, 0.25) is 15.8 Å². The lowest BCUT2D eigenvalue weighted by Gasteiger charge is -2.03. The molecule has 0 aliphatic carbocycles. The summed E-state index contributed by atoms with van der Waals surface area (Å²) in [5, 5.41) is 12.7. The van der Waals surface area contributed by atoms with E-state index in [2.05, 4.69) is 19.8 Å². The van der Waals surface area contributed by atoms with Gasteiger partial charge in [0, 0.05) is 17.4 Å². The van der Waals surface area contributed by atoms with Crippen LogP contribution in [-0.4, -0.2) is 29.8 Å². The first-order chi connectivity index (χ1) is 10.9. The Morgan fingerprint density at radius 2 is 2.04 bits per heavy atom. The Morgan fingerprint density at radius 3 is 2.65 bits per heavy atom. The highest BCUT2D eigenvalue weighted by Crippen LogP contribution is 2.23. The number of hydrogen-bond acceptors (Lipinski definition) is 6. The van der Waals surface area contributed by atoms with E-state index < -0.39 is 10.0 Å². The molecule has 0 fully saturated rings. The number of sulfonamides is 1. The van der Waals surface area contributed by atoms with E-state index in [-0.39, 0.29) is 5.89 Å². The first-order valence-electron chi connectivity index (χ1n) is 6.45. The first-order valence-corrected chi connectivity index (χ1v) is 8.34. The standard InChI is InChI=1S/C14H11N5O3S/c1-23(20,21)19-11-4-2-10(3-5-11)13-17-14(22-18-13)12-6-9(7-15)8-16-12/h2-6,8,16,19H,1H3. The van der Waals surface area contributed by atoms with Gasteiger partial charge < -0.3 is 9.51 Å². The van der Waals surface area contributed by atoms with E-state index in [1.807, 2.05) is 6.07 Å². The van der Waals surface area contributed by atoms with Gasteiger partial charge in [-0.1, -0.05) is 5.16 Å². The highest BCUT2D eigenvalue weighted by atomic mass is 32.2. The summed E-state index contributed by atoms with van der Waals surface area (Å²) in [5.41, 5.74) is 2.14. The van der Waals surface area contributed by atoms with Gasteiger partial charge in [0.15, 0.2) is 0 Å². The quantitative estimate of drug-likeness (QED) is 0.754. The molecule has 116 valence electrons. The number of H-pyrrole nitrogens is 1. The maximum atomic E-state index is 11.2. The molecule has 23 heavy (non-hydrogen) atoms. The van der Waals surface area contributed by atoms with Crippen molar-refractivity contribution >= 4 is 15.7 Å². The van der Waals surface area contributed by atoms with Crippen LogP contribution in [0.5, 0.6) is 0 Å². The summed E-state index contributed by atoms with van der Waals surface area (Å²) in [5.74, 6) is 0.624. The third-order valence-electron chi connectivity index (χ3n) is 2.91. The van der Waals surface area contributed by atoms with Gasteiger partial charge in [0.25, 0.3) is 5.89 Å². The van der Waals surface area contributed by atoms with E-state index in [0.717, 1.165) is 6.26 Å². The molecule has 2 N–H and O–H groups in total. The molecular formula is C14H11N5O3S. The summed E-state index contributed by atoms with van der Waals surface area (Å²) in [6, 6.07) is 10.2. The lowest BCUT2D eigenvalue weighted by atomic mass is 10.2. The number of benzene rings is 1. The Kier molecular flexibility index (Phi) is 3.59. The van der Waals surface area contributed by atoms with Crippen molar-refractivity contribution in [3.05, 3.63) is 42.1 Å². The van der Waals surface area contributed by atoms with E-state index in [9.17, 15) is 8.42 Å². The lowest BCUT2D eigenvalue weighted by Crippen LogP contribution is -2.09. The summed E-state index contributed by atoms with van der Waals surface area (Å²) >= 11 is 0. The Balaban J connectivity index is 1.84. The number of rotatable bonds is 4. The van der Waals surface area contributed by atoms with Crippen LogP contribution in [0, 0.1) is 11.3 Å². The van der Waals surface area contributed by atoms with Gasteiger partial charge in [-0.3, -0.25) is 4.72 Å². The van der Waals surface area contributed by atoms with Gasteiger partial charge in [0.05, 0.1) is 11.8 Å². The van der Waals surface area contributed by atoms with Crippen LogP contribution in [0.2, 0.25) is 0 Å². The van der Waals surface area contributed by atoms with Crippen LogP contribution in [0.15, 0.2) is 41.1 Å². The fraction of sp³-hybridized carbons (Fsp3) is 0.0714. The molecule has 0 unspecified atom stereocenters. The van der Waals surface area contributed by atoms with Crippen molar-refractivity contribution in [3.8, 4) is 29.0 Å². The highest BCUT2D eigenvalue weighted by Gasteiger charge is 2.12. The molecule has 9 heteroatoms. The van der Waals surface area contributed by atoms with Gasteiger partial charge in [-0.2, -0.15) is 10.2 Å². The SMILES string of the molecule is CS(=O)(=O)Nc1ccc(-c2noc(-c3cc(C#N)c[nH]3)n2)cc1. The van der Waals surface area contributed by atoms with Crippen LogP contribution in [0.3, 0.4) is 0 Å². The molecule has 0 saturated heterocycles. The molecular weight excluding hydrogens is 318 g/mol. The average molecular weight is 329 g/mol. The smallest absolute Gasteiger partial charge is 0.274 e. The molecule has 8 nitrogen and oxygen atoms in total. The van der Waals surface area contributed by atoms with Crippen molar-refractivity contribution in [2.24, 2.45) is 0 Å². The number of aromatic amines is 1. The molecule has 2 heterocycles. The van der Waals surface area contributed by atoms with Crippen molar-refractivity contribution in [1.82, 2.24) is 15.1 Å². The predicted molar refractivity (Wildman–Crippen MR) is 82.7 cm³/mol. The second-order valence-corrected chi connectivity index (χ2v) is 6.54. The average Bonchev–Trinajstić information content (AvgIpc) is 3.15. The molecule has 0 spiro atoms. The highest BCUT2D eigenvalue weighted by molar-refractivity contribution is 7.92. The Bertz CT molecular complexity index is 980. The van der Waals surface area contributed by atoms with Crippen molar-refractivity contribution in [1.29, 1.82) is 5.26 Å². The fourth-order valence-electron chi connectivity index (χ4n) is 1.93. The van der Waals surface area contributed by atoms with Gasteiger partial charge in [0.1, 0.15) is 11.8 Å². The zero-order valence-electron chi connectivity index (χ0n) is 11.9. The molecule has 3 aromatic rings. The molecule has 0 amide bonds. The Morgan fingerprint density at radius 1 is 1.30 bits per heavy atom. The zero-order chi connectivity index (χ0) is 16.4. The minimum Gasteiger partial charge on any atom is -0.356 e. The Hall–Kier alpha value is -3.12. The van der Waals surface area contributed by atoms with Crippen LogP contribution in [0.1, 0.15) is 5.56 Å². The van der Waals surface area contributed by atoms with Gasteiger partial charge >= 0.3 is 0 Å². The molecule has 0 radical (unpaired) electrons. The molecule has 0 saturated carbocycles. The van der Waals surface area contributed by atoms with Crippen molar-refractivity contribution in [2.75, 3.05) is 11.0 Å². The third-order valence-corrected chi connectivity index (χ3v) is 3.52. The van der Waals surface area contributed by atoms with Crippen molar-refractivity contribution in [2.45, 2.75) is 0 Å². The summed E-state index contributed by atoms with van der Waals surface area (Å²) in [4.78, 5) is 7.12. The Labute approximate surface area is 131 Å². The van der Waals surface area contributed by atoms with Crippen LogP contribution in [-0.2, 0) is 10.0 Å². The zero-order valence-corrected chi connectivity index (χ0v) is 12.8. The van der Waals surface area contributed by atoms with Crippen LogP contribution < -0.4 is 4.72 Å². The molecule has 0 atom stereocenters. The molecule has 2 aromatic heterocycles. The molecule has 1 aromatic carbocycles. The van der Waals surface area contributed by atoms with E-state index >= 15 is 0 Å². The molecule has 0 bridgehead atoms. The molecule has 0 aliphatic rings. The van der Waals surface area contributed by atoms with Crippen molar-refractivity contribution < 1.29 is 12.9 Å². The van der Waals surface area contributed by atoms with E-state index in [1.54, 1.807) is 36.5 Å². The van der Waals surface area contributed by atoms with E-state index in [1.165, 1.54) is 0 Å². The molecule has 3 rings (SSSR count).